The van der Waals surface area contributed by atoms with Gasteiger partial charge in [0.25, 0.3) is 21.8 Å². The van der Waals surface area contributed by atoms with Crippen molar-refractivity contribution in [3.8, 4) is 11.5 Å². The van der Waals surface area contributed by atoms with E-state index in [9.17, 15) is 26.4 Å². The standard InChI is InChI=1S/C45H45ClN4O8S2/c1-26-14-16-31-35(42(47-37(31)22-26)44(51)49-59(5,53)54)13-9-21-58-39-18-19-40(34-11-7-6-10-33(34)39)60(55,56)50-45(52)43-36(32-17-15-27(2)23-38(32)48-43)12-8-20-57-30-24-28(3)41(46)29(4)25-30/h6-7,10-11,14-19,22-25,47-48H,8-9,12-13,20-21H2,1-5H3,(H,49,51)(H,50,52). The van der Waals surface area contributed by atoms with E-state index >= 15 is 0 Å². The van der Waals surface area contributed by atoms with Gasteiger partial charge in [-0.15, -0.1) is 0 Å². The summed E-state index contributed by atoms with van der Waals surface area (Å²) in [5, 5.41) is 3.20. The number of carbonyl (C=O) groups is 2. The number of aromatic amines is 2. The number of rotatable bonds is 15. The maximum atomic E-state index is 14.0. The Labute approximate surface area is 353 Å². The zero-order chi connectivity index (χ0) is 42.9. The van der Waals surface area contributed by atoms with Gasteiger partial charge in [0, 0.05) is 37.6 Å². The molecule has 0 aliphatic heterocycles. The van der Waals surface area contributed by atoms with Crippen LogP contribution in [0, 0.1) is 27.7 Å². The van der Waals surface area contributed by atoms with Gasteiger partial charge in [-0.3, -0.25) is 9.59 Å². The lowest BCUT2D eigenvalue weighted by Crippen LogP contribution is -2.31. The van der Waals surface area contributed by atoms with Gasteiger partial charge in [-0.1, -0.05) is 60.1 Å². The van der Waals surface area contributed by atoms with Crippen molar-refractivity contribution in [1.82, 2.24) is 19.4 Å². The molecule has 7 rings (SSSR count). The van der Waals surface area contributed by atoms with E-state index in [0.29, 0.717) is 76.2 Å². The van der Waals surface area contributed by atoms with Crippen LogP contribution < -0.4 is 18.9 Å². The minimum Gasteiger partial charge on any atom is -0.494 e. The maximum absolute atomic E-state index is 14.0. The predicted octanol–water partition coefficient (Wildman–Crippen LogP) is 8.52. The molecule has 15 heteroatoms. The lowest BCUT2D eigenvalue weighted by Gasteiger charge is -2.14. The number of carbonyl (C=O) groups excluding carboxylic acids is 2. The number of sulfonamides is 2. The van der Waals surface area contributed by atoms with Crippen LogP contribution in [-0.4, -0.2) is 58.1 Å². The number of nitrogens with one attached hydrogen (secondary N) is 4. The highest BCUT2D eigenvalue weighted by molar-refractivity contribution is 7.90. The molecule has 0 atom stereocenters. The van der Waals surface area contributed by atoms with Gasteiger partial charge < -0.3 is 19.4 Å². The molecule has 0 unspecified atom stereocenters. The van der Waals surface area contributed by atoms with E-state index in [0.717, 1.165) is 44.8 Å². The van der Waals surface area contributed by atoms with Gasteiger partial charge in [0.2, 0.25) is 10.0 Å². The minimum absolute atomic E-state index is 0.0927. The van der Waals surface area contributed by atoms with Gasteiger partial charge in [0.05, 0.1) is 24.4 Å². The number of H-pyrrole nitrogens is 2. The molecule has 2 aromatic heterocycles. The SMILES string of the molecule is Cc1ccc2c(CCCOc3ccc(S(=O)(=O)NC(=O)c4[nH]c5cc(C)ccc5c4CCCOc4cc(C)c(Cl)c(C)c4)c4ccccc34)c(C(=O)NS(C)(=O)=O)[nH]c2c1. The number of aromatic nitrogens is 2. The number of halogens is 1. The first kappa shape index (κ1) is 42.3. The predicted molar refractivity (Wildman–Crippen MR) is 236 cm³/mol. The smallest absolute Gasteiger partial charge is 0.281 e. The Bertz CT molecular complexity index is 3020. The van der Waals surface area contributed by atoms with Gasteiger partial charge in [-0.25, -0.2) is 26.3 Å². The lowest BCUT2D eigenvalue weighted by molar-refractivity contribution is 0.0967. The molecule has 2 amide bonds. The first-order valence-corrected chi connectivity index (χ1v) is 23.1. The van der Waals surface area contributed by atoms with E-state index < -0.39 is 31.9 Å². The molecule has 0 bridgehead atoms. The molecule has 12 nitrogen and oxygen atoms in total. The van der Waals surface area contributed by atoms with Crippen LogP contribution in [0.3, 0.4) is 0 Å². The van der Waals surface area contributed by atoms with Crippen molar-refractivity contribution >= 4 is 76.0 Å². The van der Waals surface area contributed by atoms with Gasteiger partial charge in [0.1, 0.15) is 22.9 Å². The van der Waals surface area contributed by atoms with Crippen molar-refractivity contribution in [2.45, 2.75) is 58.3 Å². The van der Waals surface area contributed by atoms with Crippen molar-refractivity contribution < 1.29 is 35.9 Å². The first-order chi connectivity index (χ1) is 28.5. The molecule has 0 spiro atoms. The fourth-order valence-corrected chi connectivity index (χ4v) is 9.28. The molecule has 4 N–H and O–H groups in total. The molecule has 0 aliphatic rings. The third kappa shape index (κ3) is 9.15. The summed E-state index contributed by atoms with van der Waals surface area (Å²) < 4.78 is 68.3. The van der Waals surface area contributed by atoms with Crippen molar-refractivity contribution in [1.29, 1.82) is 0 Å². The zero-order valence-electron chi connectivity index (χ0n) is 33.8. The van der Waals surface area contributed by atoms with Crippen LogP contribution in [0.15, 0.2) is 89.8 Å². The topological polar surface area (TPSA) is 177 Å². The molecular weight excluding hydrogens is 824 g/mol. The van der Waals surface area contributed by atoms with E-state index in [4.69, 9.17) is 21.1 Å². The minimum atomic E-state index is -4.39. The molecule has 2 heterocycles. The first-order valence-electron chi connectivity index (χ1n) is 19.3. The number of amides is 2. The van der Waals surface area contributed by atoms with E-state index in [1.54, 1.807) is 30.3 Å². The fourth-order valence-electron chi connectivity index (χ4n) is 7.56. The Morgan fingerprint density at radius 1 is 0.633 bits per heavy atom. The molecular formula is C45H45ClN4O8S2. The second-order valence-electron chi connectivity index (χ2n) is 15.1. The lowest BCUT2D eigenvalue weighted by atomic mass is 10.0. The van der Waals surface area contributed by atoms with Crippen molar-refractivity contribution in [2.24, 2.45) is 0 Å². The van der Waals surface area contributed by atoms with Crippen LogP contribution in [0.1, 0.15) is 67.2 Å². The van der Waals surface area contributed by atoms with Gasteiger partial charge in [-0.2, -0.15) is 0 Å². The van der Waals surface area contributed by atoms with Crippen LogP contribution in [0.2, 0.25) is 5.02 Å². The highest BCUT2D eigenvalue weighted by atomic mass is 35.5. The number of hydrogen-bond donors (Lipinski definition) is 4. The van der Waals surface area contributed by atoms with Gasteiger partial charge in [0.15, 0.2) is 0 Å². The monoisotopic (exact) mass is 868 g/mol. The average molecular weight is 869 g/mol. The van der Waals surface area contributed by atoms with E-state index in [1.807, 2.05) is 80.9 Å². The van der Waals surface area contributed by atoms with E-state index in [1.165, 1.54) is 6.07 Å². The zero-order valence-corrected chi connectivity index (χ0v) is 36.2. The summed E-state index contributed by atoms with van der Waals surface area (Å²) in [6, 6.07) is 25.1. The fraction of sp³-hybridized carbons (Fsp3) is 0.244. The molecule has 0 radical (unpaired) electrons. The highest BCUT2D eigenvalue weighted by Crippen LogP contribution is 2.33. The number of benzene rings is 5. The number of hydrogen-bond acceptors (Lipinski definition) is 8. The summed E-state index contributed by atoms with van der Waals surface area (Å²) in [4.78, 5) is 33.0. The third-order valence-electron chi connectivity index (χ3n) is 10.3. The van der Waals surface area contributed by atoms with Crippen LogP contribution in [-0.2, 0) is 32.9 Å². The van der Waals surface area contributed by atoms with Crippen LogP contribution >= 0.6 is 11.6 Å². The molecule has 60 heavy (non-hydrogen) atoms. The van der Waals surface area contributed by atoms with Crippen molar-refractivity contribution in [2.75, 3.05) is 19.5 Å². The largest absolute Gasteiger partial charge is 0.494 e. The average Bonchev–Trinajstić information content (AvgIpc) is 3.73. The molecule has 0 saturated carbocycles. The number of fused-ring (bicyclic) bond motifs is 3. The Morgan fingerprint density at radius 2 is 1.15 bits per heavy atom. The maximum Gasteiger partial charge on any atom is 0.281 e. The third-order valence-corrected chi connectivity index (χ3v) is 12.8. The summed E-state index contributed by atoms with van der Waals surface area (Å²) in [6.07, 6.45) is 2.76. The van der Waals surface area contributed by atoms with E-state index in [2.05, 4.69) is 14.7 Å². The number of aryl methyl sites for hydroxylation is 6. The Kier molecular flexibility index (Phi) is 12.0. The van der Waals surface area contributed by atoms with Crippen molar-refractivity contribution in [3.05, 3.63) is 135 Å². The quantitative estimate of drug-likeness (QED) is 0.0742. The Hall–Kier alpha value is -5.83. The summed E-state index contributed by atoms with van der Waals surface area (Å²) in [5.41, 5.74) is 6.87. The summed E-state index contributed by atoms with van der Waals surface area (Å²) in [7, 11) is -8.18. The van der Waals surface area contributed by atoms with Crippen LogP contribution in [0.25, 0.3) is 32.6 Å². The second-order valence-corrected chi connectivity index (χ2v) is 18.9. The summed E-state index contributed by atoms with van der Waals surface area (Å²) in [5.74, 6) is -0.409. The second kappa shape index (κ2) is 17.0. The van der Waals surface area contributed by atoms with E-state index in [-0.39, 0.29) is 22.9 Å². The molecule has 312 valence electrons. The summed E-state index contributed by atoms with van der Waals surface area (Å²) >= 11 is 6.32. The Morgan fingerprint density at radius 3 is 1.70 bits per heavy atom. The van der Waals surface area contributed by atoms with Gasteiger partial charge in [-0.05, 0) is 123 Å². The van der Waals surface area contributed by atoms with Crippen molar-refractivity contribution in [3.63, 3.8) is 0 Å². The molecule has 7 aromatic rings. The molecule has 5 aromatic carbocycles. The van der Waals surface area contributed by atoms with Gasteiger partial charge >= 0.3 is 0 Å². The normalized spacial score (nSPS) is 12.0. The molecule has 0 saturated heterocycles. The van der Waals surface area contributed by atoms with Crippen LogP contribution in [0.5, 0.6) is 11.5 Å². The van der Waals surface area contributed by atoms with Crippen LogP contribution in [0.4, 0.5) is 0 Å². The molecule has 0 fully saturated rings. The highest BCUT2D eigenvalue weighted by Gasteiger charge is 2.26. The number of ether oxygens (including phenoxy) is 2. The Balaban J connectivity index is 1.07. The summed E-state index contributed by atoms with van der Waals surface area (Å²) in [6.45, 7) is 8.27. The molecule has 0 aliphatic carbocycles.